The molecule has 0 bridgehead atoms. The Morgan fingerprint density at radius 3 is 2.12 bits per heavy atom. The summed E-state index contributed by atoms with van der Waals surface area (Å²) in [6.45, 7) is 9.79. The Balaban J connectivity index is 1.63. The van der Waals surface area contributed by atoms with Crippen LogP contribution < -0.4 is 9.80 Å². The van der Waals surface area contributed by atoms with Crippen LogP contribution >= 0.6 is 0 Å². The number of benzene rings is 2. The lowest BCUT2D eigenvalue weighted by Crippen LogP contribution is -2.45. The summed E-state index contributed by atoms with van der Waals surface area (Å²) in [4.78, 5) is 58.4. The number of carbonyl (C=O) groups is 4. The first-order valence-corrected chi connectivity index (χ1v) is 15.8. The second-order valence-corrected chi connectivity index (χ2v) is 13.6. The van der Waals surface area contributed by atoms with E-state index in [1.807, 2.05) is 89.2 Å². The number of rotatable bonds is 11. The maximum Gasteiger partial charge on any atom is 0.232 e. The second kappa shape index (κ2) is 13.8. The summed E-state index contributed by atoms with van der Waals surface area (Å²) in [6.07, 6.45) is 6.29. The van der Waals surface area contributed by atoms with Crippen molar-refractivity contribution in [1.29, 1.82) is 0 Å². The van der Waals surface area contributed by atoms with Crippen molar-refractivity contribution in [2.45, 2.75) is 92.0 Å². The Bertz CT molecular complexity index is 1260. The SMILES string of the molecule is CC(C)C(=O)C(CC(=O)C[C@@H]1CN(C2CCCCC2)c2ccccc2N(CC(=O)C(C)(C)C)C1=O)Cc1ccccc1. The number of hydrogen-bond acceptors (Lipinski definition) is 5. The molecule has 42 heavy (non-hydrogen) atoms. The minimum absolute atomic E-state index is 0.0210. The van der Waals surface area contributed by atoms with Gasteiger partial charge in [-0.25, -0.2) is 0 Å². The number of fused-ring (bicyclic) bond motifs is 1. The molecule has 6 nitrogen and oxygen atoms in total. The van der Waals surface area contributed by atoms with E-state index < -0.39 is 17.3 Å². The molecule has 2 atom stereocenters. The van der Waals surface area contributed by atoms with Crippen molar-refractivity contribution < 1.29 is 19.2 Å². The van der Waals surface area contributed by atoms with Crippen LogP contribution in [0.2, 0.25) is 0 Å². The van der Waals surface area contributed by atoms with Crippen molar-refractivity contribution >= 4 is 34.6 Å². The van der Waals surface area contributed by atoms with Gasteiger partial charge in [-0.3, -0.25) is 19.2 Å². The summed E-state index contributed by atoms with van der Waals surface area (Å²) in [6, 6.07) is 18.0. The molecular weight excluding hydrogens is 524 g/mol. The second-order valence-electron chi connectivity index (χ2n) is 13.6. The van der Waals surface area contributed by atoms with Gasteiger partial charge in [0.15, 0.2) is 5.78 Å². The van der Waals surface area contributed by atoms with Crippen LogP contribution in [0.4, 0.5) is 11.4 Å². The Morgan fingerprint density at radius 2 is 1.50 bits per heavy atom. The minimum atomic E-state index is -0.599. The number of amides is 1. The van der Waals surface area contributed by atoms with Crippen LogP contribution in [0.1, 0.15) is 85.1 Å². The maximum absolute atomic E-state index is 14.3. The molecule has 1 amide bonds. The predicted molar refractivity (Wildman–Crippen MR) is 169 cm³/mol. The van der Waals surface area contributed by atoms with E-state index >= 15 is 0 Å². The first kappa shape index (κ1) is 31.7. The molecule has 0 N–H and O–H groups in total. The molecule has 1 aliphatic carbocycles. The van der Waals surface area contributed by atoms with Crippen LogP contribution in [-0.4, -0.2) is 42.4 Å². The molecule has 2 aromatic rings. The third-order valence-corrected chi connectivity index (χ3v) is 8.91. The van der Waals surface area contributed by atoms with Crippen LogP contribution in [0, 0.1) is 23.2 Å². The number of para-hydroxylation sites is 2. The van der Waals surface area contributed by atoms with Gasteiger partial charge in [0.25, 0.3) is 0 Å². The van der Waals surface area contributed by atoms with Gasteiger partial charge in [0.05, 0.1) is 23.8 Å². The maximum atomic E-state index is 14.3. The zero-order valence-electron chi connectivity index (χ0n) is 26.1. The van der Waals surface area contributed by atoms with E-state index in [0.717, 1.165) is 42.6 Å². The molecule has 0 spiro atoms. The molecule has 0 saturated heterocycles. The van der Waals surface area contributed by atoms with Gasteiger partial charge < -0.3 is 9.80 Å². The van der Waals surface area contributed by atoms with Crippen molar-refractivity contribution in [2.24, 2.45) is 23.2 Å². The van der Waals surface area contributed by atoms with Crippen molar-refractivity contribution in [3.05, 3.63) is 60.2 Å². The van der Waals surface area contributed by atoms with Gasteiger partial charge in [-0.05, 0) is 37.0 Å². The van der Waals surface area contributed by atoms with Crippen LogP contribution in [0.25, 0.3) is 0 Å². The molecule has 1 saturated carbocycles. The summed E-state index contributed by atoms with van der Waals surface area (Å²) >= 11 is 0. The molecule has 226 valence electrons. The highest BCUT2D eigenvalue weighted by molar-refractivity contribution is 6.06. The van der Waals surface area contributed by atoms with E-state index in [0.29, 0.717) is 13.0 Å². The summed E-state index contributed by atoms with van der Waals surface area (Å²) in [5, 5.41) is 0. The fraction of sp³-hybridized carbons (Fsp3) is 0.556. The van der Waals surface area contributed by atoms with Gasteiger partial charge in [-0.1, -0.05) is 96.3 Å². The van der Waals surface area contributed by atoms with E-state index in [-0.39, 0.29) is 54.6 Å². The standard InChI is InChI=1S/C36H48N2O4/c1-25(2)34(41)27(20-26-14-8-6-9-15-26)21-30(39)22-28-23-37(29-16-10-7-11-17-29)31-18-12-13-19-32(31)38(35(28)42)24-33(40)36(3,4)5/h6,8-9,12-15,18-19,25,27-29H,7,10-11,16-17,20-24H2,1-5H3/t27?,28-/m1/s1. The van der Waals surface area contributed by atoms with Crippen LogP contribution in [0.5, 0.6) is 0 Å². The normalized spacial score (nSPS) is 18.9. The number of hydrogen-bond donors (Lipinski definition) is 0. The smallest absolute Gasteiger partial charge is 0.232 e. The lowest BCUT2D eigenvalue weighted by atomic mass is 9.84. The monoisotopic (exact) mass is 572 g/mol. The zero-order chi connectivity index (χ0) is 30.4. The minimum Gasteiger partial charge on any atom is -0.366 e. The van der Waals surface area contributed by atoms with Gasteiger partial charge in [-0.2, -0.15) is 0 Å². The van der Waals surface area contributed by atoms with Crippen molar-refractivity contribution in [3.8, 4) is 0 Å². The van der Waals surface area contributed by atoms with Crippen molar-refractivity contribution in [3.63, 3.8) is 0 Å². The fourth-order valence-electron chi connectivity index (χ4n) is 6.40. The highest BCUT2D eigenvalue weighted by Gasteiger charge is 2.39. The molecule has 1 heterocycles. The highest BCUT2D eigenvalue weighted by atomic mass is 16.2. The van der Waals surface area contributed by atoms with Gasteiger partial charge in [0, 0.05) is 42.7 Å². The Kier molecular flexibility index (Phi) is 10.4. The van der Waals surface area contributed by atoms with Gasteiger partial charge in [0.1, 0.15) is 11.6 Å². The average Bonchev–Trinajstić information content (AvgIpc) is 3.07. The average molecular weight is 573 g/mol. The molecule has 6 heteroatoms. The molecular formula is C36H48N2O4. The molecule has 4 rings (SSSR count). The van der Waals surface area contributed by atoms with E-state index in [9.17, 15) is 19.2 Å². The third-order valence-electron chi connectivity index (χ3n) is 8.91. The lowest BCUT2D eigenvalue weighted by molar-refractivity contribution is -0.132. The van der Waals surface area contributed by atoms with Crippen LogP contribution in [-0.2, 0) is 25.6 Å². The quantitative estimate of drug-likeness (QED) is 0.295. The molecule has 2 aliphatic rings. The number of nitrogens with zero attached hydrogens (tertiary/aromatic N) is 2. The van der Waals surface area contributed by atoms with Crippen molar-refractivity contribution in [1.82, 2.24) is 0 Å². The molecule has 1 fully saturated rings. The van der Waals surface area contributed by atoms with E-state index in [1.54, 1.807) is 4.90 Å². The lowest BCUT2D eigenvalue weighted by Gasteiger charge is -2.37. The fourth-order valence-corrected chi connectivity index (χ4v) is 6.40. The van der Waals surface area contributed by atoms with Crippen molar-refractivity contribution in [2.75, 3.05) is 22.9 Å². The molecule has 1 aliphatic heterocycles. The molecule has 2 aromatic carbocycles. The topological polar surface area (TPSA) is 74.8 Å². The summed E-state index contributed by atoms with van der Waals surface area (Å²) in [5.74, 6) is -1.39. The van der Waals surface area contributed by atoms with E-state index in [2.05, 4.69) is 4.90 Å². The predicted octanol–water partition coefficient (Wildman–Crippen LogP) is 6.84. The first-order valence-electron chi connectivity index (χ1n) is 15.8. The highest BCUT2D eigenvalue weighted by Crippen LogP contribution is 2.39. The van der Waals surface area contributed by atoms with Gasteiger partial charge in [-0.15, -0.1) is 0 Å². The van der Waals surface area contributed by atoms with Gasteiger partial charge >= 0.3 is 0 Å². The van der Waals surface area contributed by atoms with Crippen LogP contribution in [0.3, 0.4) is 0 Å². The Morgan fingerprint density at radius 1 is 0.881 bits per heavy atom. The largest absolute Gasteiger partial charge is 0.366 e. The number of Topliss-reactive ketones (excluding diaryl/α,β-unsaturated/α-hetero) is 3. The number of carbonyl (C=O) groups excluding carboxylic acids is 4. The summed E-state index contributed by atoms with van der Waals surface area (Å²) in [5.41, 5.74) is 2.14. The molecule has 0 aromatic heterocycles. The van der Waals surface area contributed by atoms with Gasteiger partial charge in [0.2, 0.25) is 5.91 Å². The Labute approximate surface area is 251 Å². The third kappa shape index (κ3) is 7.76. The van der Waals surface area contributed by atoms with E-state index in [1.165, 1.54) is 6.42 Å². The Hall–Kier alpha value is -3.28. The number of ketones is 3. The van der Waals surface area contributed by atoms with E-state index in [4.69, 9.17) is 0 Å². The number of anilines is 2. The zero-order valence-corrected chi connectivity index (χ0v) is 26.1. The first-order chi connectivity index (χ1) is 20.0. The molecule has 0 radical (unpaired) electrons. The summed E-state index contributed by atoms with van der Waals surface area (Å²) in [7, 11) is 0. The molecule has 1 unspecified atom stereocenters. The van der Waals surface area contributed by atoms with Crippen LogP contribution in [0.15, 0.2) is 54.6 Å². The summed E-state index contributed by atoms with van der Waals surface area (Å²) < 4.78 is 0.